The van der Waals surface area contributed by atoms with Crippen molar-refractivity contribution >= 4 is 557 Å². The van der Waals surface area contributed by atoms with Gasteiger partial charge in [-0.05, 0) is 255 Å². The normalized spacial score (nSPS) is 12.9. The lowest BCUT2D eigenvalue weighted by atomic mass is 10.1. The lowest BCUT2D eigenvalue weighted by Crippen LogP contribution is -1.90. The topological polar surface area (TPSA) is 91.1 Å². The van der Waals surface area contributed by atoms with E-state index in [1.54, 1.807) is 36.4 Å². The minimum absolute atomic E-state index is 0.00720. The summed E-state index contributed by atoms with van der Waals surface area (Å²) in [6, 6.07) is 12.1. The Morgan fingerprint density at radius 2 is 0.639 bits per heavy atom. The van der Waals surface area contributed by atoms with Gasteiger partial charge in [-0.15, -0.1) is 295 Å². The van der Waals surface area contributed by atoms with E-state index in [0.29, 0.717) is 38.5 Å². The molecule has 97 heavy (non-hydrogen) atoms. The predicted molar refractivity (Wildman–Crippen MR) is 673 cm³/mol. The molecule has 0 saturated heterocycles. The van der Waals surface area contributed by atoms with Crippen molar-refractivity contribution in [2.24, 2.45) is 0 Å². The fourth-order valence-corrected chi connectivity index (χ4v) is 750. The van der Waals surface area contributed by atoms with Gasteiger partial charge in [-0.2, -0.15) is 0 Å². The van der Waals surface area contributed by atoms with Crippen LogP contribution in [0.25, 0.3) is 14.5 Å². The van der Waals surface area contributed by atoms with Gasteiger partial charge in [0.25, 0.3) is 0 Å². The lowest BCUT2D eigenvalue weighted by Gasteiger charge is -2.47. The largest absolute Gasteiger partial charge is 0.399 e. The number of aryl methyl sites for hydroxylation is 2. The number of nitrogens with two attached hydrogens (primary N) is 3. The maximum Gasteiger partial charge on any atom is 0.192 e. The summed E-state index contributed by atoms with van der Waals surface area (Å²) >= 11 is 11.7. The zero-order valence-corrected chi connectivity index (χ0v) is 118. The molecular formula is C27H96Cl2N6P62. The van der Waals surface area contributed by atoms with Crippen LogP contribution in [-0.4, -0.2) is 0 Å². The van der Waals surface area contributed by atoms with E-state index in [2.05, 4.69) is 309 Å². The monoisotopic (exact) mass is 2500 g/mol. The van der Waals surface area contributed by atoms with Gasteiger partial charge in [0.15, 0.2) is 17.1 Å². The summed E-state index contributed by atoms with van der Waals surface area (Å²) in [5.41, 5.74) is 23.3. The number of hydrogen-bond acceptors (Lipinski definition) is 3. The van der Waals surface area contributed by atoms with Gasteiger partial charge in [0.1, 0.15) is 0 Å². The Labute approximate surface area is 707 Å². The van der Waals surface area contributed by atoms with Crippen LogP contribution >= 0.6 is 522 Å². The van der Waals surface area contributed by atoms with Crippen LogP contribution in [-0.2, 0) is 19.3 Å². The third kappa shape index (κ3) is 49.6. The van der Waals surface area contributed by atoms with E-state index < -0.39 is 0 Å². The molecule has 6 nitrogen and oxygen atoms in total. The van der Waals surface area contributed by atoms with E-state index in [0.717, 1.165) is 57.6 Å². The number of anilines is 3. The highest BCUT2D eigenvalue weighted by Gasteiger charge is 2.46. The molecule has 0 aliphatic rings. The molecule has 0 aromatic heterocycles. The second-order valence-corrected chi connectivity index (χ2v) is 258. The molecule has 0 amide bonds. The fourth-order valence-electron chi connectivity index (χ4n) is 6.15. The van der Waals surface area contributed by atoms with E-state index in [9.17, 15) is 0 Å². The Balaban J connectivity index is -0.00000111. The molecule has 37 atom stereocenters. The SMILES string of the molecule is PP(P)P(P(P)P)P(P(P(P)P)P(P)P)P(P(P)P)P(P)P.PPP(P(P)P)P(P(P(P)P)P(P)P)P(P(P)P)P(P)P.PPP(P)P(P(P(P)P)P(P)P)P(P(P)P)P(P)P.[C-]#[N+]c1cc(Cl)c(N)cc1CC.[C-]#[N+]c1ccc(N)c(Cl)c1CC.[C-]#[N+]c1ccc(N)cc1CC. The second-order valence-electron chi connectivity index (χ2n) is 16.5. The zero-order valence-electron chi connectivity index (χ0n) is 52.1. The average molecular weight is 2500 g/mol. The molecule has 0 spiro atoms. The lowest BCUT2D eigenvalue weighted by molar-refractivity contribution is 1.15. The molecule has 0 fully saturated rings. The highest BCUT2D eigenvalue weighted by atomic mass is 35.5. The van der Waals surface area contributed by atoms with Crippen molar-refractivity contribution in [3.63, 3.8) is 0 Å². The molecule has 3 rings (SSSR count). The molecule has 37 unspecified atom stereocenters. The highest BCUT2D eigenvalue weighted by Crippen LogP contribution is 3.34. The van der Waals surface area contributed by atoms with Crippen LogP contribution in [0.1, 0.15) is 37.5 Å². The van der Waals surface area contributed by atoms with Crippen molar-refractivity contribution in [3.05, 3.63) is 103 Å². The summed E-state index contributed by atoms with van der Waals surface area (Å²) in [6.07, 6.45) is 2.41. The van der Waals surface area contributed by atoms with Crippen molar-refractivity contribution in [1.29, 1.82) is 0 Å². The Morgan fingerprint density at radius 3 is 0.907 bits per heavy atom. The van der Waals surface area contributed by atoms with Crippen LogP contribution in [0.2, 0.25) is 10.0 Å². The summed E-state index contributed by atoms with van der Waals surface area (Å²) < 4.78 is 0. The number of halogens is 2. The first-order chi connectivity index (χ1) is 44.8. The number of rotatable bonds is 29. The van der Waals surface area contributed by atoms with Crippen LogP contribution in [0.4, 0.5) is 34.1 Å². The summed E-state index contributed by atoms with van der Waals surface area (Å²) in [4.78, 5) is 10.1. The molecule has 3 aromatic carbocycles. The Hall–Kier alpha value is 22.8. The van der Waals surface area contributed by atoms with Gasteiger partial charge in [0.2, 0.25) is 0 Å². The molecule has 3 aromatic rings. The standard InChI is InChI=1S/2C9H9ClN2.C9H10N2.H24P22.H23P21.H21P19/c1-3-6-4-8(11)7(10)5-9(6)12-2;1-3-6-8(12-2)5-4-7(11)9(6)10;1-3-7-6-8(10)4-5-9(7)11-2;1-13(2)19(14(3)4)22(20(15(5)6)16(7)8)21(17(9)10)18(11)12;1-12-18(13(2)3)21(19(14(4)5)15(6)7)20(16(8)9)17(10)11;1-11-16(10)19(17(12(2)3)13(4)5)18(14(6)7)15(8)9/h2*4-5H,3,11H2,1H3;4-6H,3,10H2,1H3;1-12H2;12H,1-11H2;11H,1-10H2. The Kier molecular flexibility index (Phi) is 91.4. The molecule has 70 heteroatoms. The quantitative estimate of drug-likeness (QED) is 0.0367. The van der Waals surface area contributed by atoms with Gasteiger partial charge in [-0.3, -0.25) is 0 Å². The highest BCUT2D eigenvalue weighted by molar-refractivity contribution is 9.40. The molecule has 0 saturated carbocycles. The van der Waals surface area contributed by atoms with Gasteiger partial charge < -0.3 is 17.2 Å². The van der Waals surface area contributed by atoms with Crippen molar-refractivity contribution in [2.45, 2.75) is 40.0 Å². The summed E-state index contributed by atoms with van der Waals surface area (Å²) in [6.45, 7) is 28.7. The molecule has 0 bridgehead atoms. The van der Waals surface area contributed by atoms with E-state index in [-0.39, 0.29) is 189 Å². The van der Waals surface area contributed by atoms with Gasteiger partial charge in [-0.25, -0.2) is 14.5 Å². The minimum atomic E-state index is 0.00720. The average Bonchev–Trinajstić information content (AvgIpc) is 0.822. The summed E-state index contributed by atoms with van der Waals surface area (Å²) in [7, 11) is 107. The second kappa shape index (κ2) is 71.5. The van der Waals surface area contributed by atoms with Crippen LogP contribution < -0.4 is 17.2 Å². The van der Waals surface area contributed by atoms with Crippen LogP contribution in [0, 0.1) is 19.7 Å². The zero-order chi connectivity index (χ0) is 76.5. The van der Waals surface area contributed by atoms with Crippen LogP contribution in [0.5, 0.6) is 0 Å². The first-order valence-corrected chi connectivity index (χ1v) is 136. The third-order valence-corrected chi connectivity index (χ3v) is 398. The van der Waals surface area contributed by atoms with Crippen molar-refractivity contribution in [2.75, 3.05) is 17.2 Å². The maximum absolute atomic E-state index is 6.88. The van der Waals surface area contributed by atoms with Crippen molar-refractivity contribution < 1.29 is 0 Å². The third-order valence-electron chi connectivity index (χ3n) is 9.87. The van der Waals surface area contributed by atoms with Crippen molar-refractivity contribution in [1.82, 2.24) is 0 Å². The van der Waals surface area contributed by atoms with Gasteiger partial charge in [-0.1, -0.05) is 72.0 Å². The maximum atomic E-state index is 6.88. The molecule has 0 radical (unpaired) electrons. The van der Waals surface area contributed by atoms with Crippen molar-refractivity contribution in [3.8, 4) is 0 Å². The first kappa shape index (κ1) is 124. The fraction of sp³-hybridized carbons (Fsp3) is 0.222. The van der Waals surface area contributed by atoms with Crippen LogP contribution in [0.3, 0.4) is 0 Å². The summed E-state index contributed by atoms with van der Waals surface area (Å²) in [5, 5.41) is 0.976. The number of hydrogen-bond donors (Lipinski definition) is 3. The summed E-state index contributed by atoms with van der Waals surface area (Å²) in [5.74, 6) is 0. The molecule has 558 valence electrons. The molecule has 0 aliphatic carbocycles. The van der Waals surface area contributed by atoms with E-state index >= 15 is 0 Å². The smallest absolute Gasteiger partial charge is 0.192 e. The number of nitrogen functional groups attached to an aromatic ring is 3. The number of nitrogens with zero attached hydrogens (tertiary/aromatic N) is 3. The molecule has 6 N–H and O–H groups in total. The molecule has 0 aliphatic heterocycles. The first-order valence-electron chi connectivity index (χ1n) is 24.6. The van der Waals surface area contributed by atoms with Crippen LogP contribution in [0.15, 0.2) is 42.5 Å². The van der Waals surface area contributed by atoms with Gasteiger partial charge >= 0.3 is 0 Å². The Bertz CT molecular complexity index is 2630. The predicted octanol–water partition coefficient (Wildman–Crippen LogP) is 43.6. The Morgan fingerprint density at radius 1 is 0.340 bits per heavy atom. The van der Waals surface area contributed by atoms with E-state index in [4.69, 9.17) is 60.1 Å². The molecule has 0 heterocycles. The van der Waals surface area contributed by atoms with E-state index in [1.807, 2.05) is 26.8 Å². The van der Waals surface area contributed by atoms with Gasteiger partial charge in [0.05, 0.1) is 29.8 Å². The minimum Gasteiger partial charge on any atom is -0.399 e. The van der Waals surface area contributed by atoms with Gasteiger partial charge in [0, 0.05) is 17.1 Å². The molecular weight excluding hydrogens is 2400 g/mol. The number of benzene rings is 3. The van der Waals surface area contributed by atoms with E-state index in [1.165, 1.54) is 0 Å².